The van der Waals surface area contributed by atoms with Gasteiger partial charge in [0.2, 0.25) is 0 Å². The van der Waals surface area contributed by atoms with Crippen molar-refractivity contribution in [3.63, 3.8) is 0 Å². The first kappa shape index (κ1) is 9.78. The maximum Gasteiger partial charge on any atom is 0.177 e. The SMILES string of the molecule is CCB(CC)c1cncc(Br)c1. The molecule has 0 aliphatic heterocycles. The maximum absolute atomic E-state index is 4.15. The summed E-state index contributed by atoms with van der Waals surface area (Å²) in [6.45, 7) is 5.10. The lowest BCUT2D eigenvalue weighted by atomic mass is 9.42. The molecule has 0 N–H and O–H groups in total. The molecule has 0 bridgehead atoms. The lowest BCUT2D eigenvalue weighted by Crippen LogP contribution is -2.28. The summed E-state index contributed by atoms with van der Waals surface area (Å²) in [5, 5.41) is 0. The molecule has 0 saturated carbocycles. The van der Waals surface area contributed by atoms with E-state index in [1.165, 1.54) is 18.1 Å². The Morgan fingerprint density at radius 1 is 1.33 bits per heavy atom. The van der Waals surface area contributed by atoms with Gasteiger partial charge in [-0.15, -0.1) is 0 Å². The molecule has 0 atom stereocenters. The quantitative estimate of drug-likeness (QED) is 0.721. The smallest absolute Gasteiger partial charge is 0.177 e. The van der Waals surface area contributed by atoms with Crippen LogP contribution in [0.15, 0.2) is 22.9 Å². The number of halogens is 1. The van der Waals surface area contributed by atoms with Crippen LogP contribution in [0.2, 0.25) is 12.6 Å². The third-order valence-corrected chi connectivity index (χ3v) is 2.62. The van der Waals surface area contributed by atoms with Crippen molar-refractivity contribution in [3.8, 4) is 0 Å². The molecule has 0 saturated heterocycles. The van der Waals surface area contributed by atoms with Gasteiger partial charge in [-0.05, 0) is 15.9 Å². The van der Waals surface area contributed by atoms with Crippen molar-refractivity contribution < 1.29 is 0 Å². The molecule has 0 spiro atoms. The number of hydrogen-bond acceptors (Lipinski definition) is 1. The summed E-state index contributed by atoms with van der Waals surface area (Å²) < 4.78 is 1.08. The Bertz CT molecular complexity index is 248. The van der Waals surface area contributed by atoms with Crippen LogP contribution in [0.1, 0.15) is 13.8 Å². The second-order valence-corrected chi connectivity index (χ2v) is 3.87. The maximum atomic E-state index is 4.15. The van der Waals surface area contributed by atoms with Crippen LogP contribution >= 0.6 is 15.9 Å². The van der Waals surface area contributed by atoms with Crippen LogP contribution < -0.4 is 5.46 Å². The Hall–Kier alpha value is -0.305. The van der Waals surface area contributed by atoms with E-state index in [-0.39, 0.29) is 0 Å². The zero-order valence-corrected chi connectivity index (χ0v) is 9.13. The minimum absolute atomic E-state index is 0.662. The third kappa shape index (κ3) is 2.34. The highest BCUT2D eigenvalue weighted by Crippen LogP contribution is 2.06. The Labute approximate surface area is 82.8 Å². The van der Waals surface area contributed by atoms with Gasteiger partial charge in [-0.2, -0.15) is 0 Å². The lowest BCUT2D eigenvalue weighted by molar-refractivity contribution is 1.29. The van der Waals surface area contributed by atoms with Gasteiger partial charge in [0.25, 0.3) is 0 Å². The predicted molar refractivity (Wildman–Crippen MR) is 58.3 cm³/mol. The summed E-state index contributed by atoms with van der Waals surface area (Å²) >= 11 is 3.43. The van der Waals surface area contributed by atoms with E-state index >= 15 is 0 Å². The van der Waals surface area contributed by atoms with E-state index in [1.807, 2.05) is 12.4 Å². The molecule has 0 amide bonds. The van der Waals surface area contributed by atoms with Crippen molar-refractivity contribution in [1.29, 1.82) is 0 Å². The van der Waals surface area contributed by atoms with Gasteiger partial charge in [-0.3, -0.25) is 4.98 Å². The van der Waals surface area contributed by atoms with Gasteiger partial charge in [0, 0.05) is 16.9 Å². The van der Waals surface area contributed by atoms with Crippen LogP contribution in [0.25, 0.3) is 0 Å². The third-order valence-electron chi connectivity index (χ3n) is 2.18. The van der Waals surface area contributed by atoms with Gasteiger partial charge in [-0.25, -0.2) is 0 Å². The van der Waals surface area contributed by atoms with E-state index in [0.717, 1.165) is 4.47 Å². The Morgan fingerprint density at radius 2 is 2.00 bits per heavy atom. The van der Waals surface area contributed by atoms with E-state index < -0.39 is 0 Å². The summed E-state index contributed by atoms with van der Waals surface area (Å²) in [6.07, 6.45) is 6.16. The molecule has 1 heterocycles. The van der Waals surface area contributed by atoms with Crippen LogP contribution in [0.4, 0.5) is 0 Å². The second kappa shape index (κ2) is 4.66. The van der Waals surface area contributed by atoms with E-state index in [2.05, 4.69) is 40.8 Å². The first-order chi connectivity index (χ1) is 5.77. The predicted octanol–water partition coefficient (Wildman–Crippen LogP) is 2.59. The fraction of sp³-hybridized carbons (Fsp3) is 0.444. The molecule has 0 aliphatic rings. The van der Waals surface area contributed by atoms with Gasteiger partial charge in [0.15, 0.2) is 6.71 Å². The topological polar surface area (TPSA) is 12.9 Å². The number of hydrogen-bond donors (Lipinski definition) is 0. The molecule has 0 fully saturated rings. The number of nitrogens with zero attached hydrogens (tertiary/aromatic N) is 1. The Balaban J connectivity index is 2.85. The standard InChI is InChI=1S/C9H13BBrN/c1-3-10(4-2)8-5-9(11)7-12-6-8/h5-7H,3-4H2,1-2H3. The van der Waals surface area contributed by atoms with Crippen LogP contribution in [0.5, 0.6) is 0 Å². The fourth-order valence-corrected chi connectivity index (χ4v) is 1.79. The number of rotatable bonds is 3. The van der Waals surface area contributed by atoms with E-state index in [0.29, 0.717) is 6.71 Å². The van der Waals surface area contributed by atoms with E-state index in [4.69, 9.17) is 0 Å². The van der Waals surface area contributed by atoms with Crippen molar-refractivity contribution in [2.45, 2.75) is 26.5 Å². The monoisotopic (exact) mass is 225 g/mol. The molecule has 0 radical (unpaired) electrons. The average molecular weight is 226 g/mol. The first-order valence-corrected chi connectivity index (χ1v) is 5.17. The first-order valence-electron chi connectivity index (χ1n) is 4.38. The van der Waals surface area contributed by atoms with Crippen LogP contribution in [0.3, 0.4) is 0 Å². The summed E-state index contributed by atoms with van der Waals surface area (Å²) in [5.41, 5.74) is 1.34. The molecule has 0 aliphatic carbocycles. The molecule has 12 heavy (non-hydrogen) atoms. The summed E-state index contributed by atoms with van der Waals surface area (Å²) in [6, 6.07) is 2.16. The fourth-order valence-electron chi connectivity index (χ4n) is 1.41. The molecular formula is C9H13BBrN. The second-order valence-electron chi connectivity index (χ2n) is 2.95. The van der Waals surface area contributed by atoms with Crippen molar-refractivity contribution in [1.82, 2.24) is 4.98 Å². The summed E-state index contributed by atoms with van der Waals surface area (Å²) in [4.78, 5) is 4.15. The molecule has 0 aromatic carbocycles. The molecule has 1 aromatic rings. The zero-order valence-electron chi connectivity index (χ0n) is 7.55. The molecular weight excluding hydrogens is 213 g/mol. The number of aromatic nitrogens is 1. The Kier molecular flexibility index (Phi) is 3.79. The molecule has 0 unspecified atom stereocenters. The highest BCUT2D eigenvalue weighted by Gasteiger charge is 2.11. The average Bonchev–Trinajstić information content (AvgIpc) is 2.07. The zero-order chi connectivity index (χ0) is 8.97. The Morgan fingerprint density at radius 3 is 2.50 bits per heavy atom. The number of pyridine rings is 1. The van der Waals surface area contributed by atoms with Gasteiger partial charge in [0.05, 0.1) is 0 Å². The highest BCUT2D eigenvalue weighted by atomic mass is 79.9. The summed E-state index contributed by atoms with van der Waals surface area (Å²) in [7, 11) is 0. The van der Waals surface area contributed by atoms with Gasteiger partial charge in [0.1, 0.15) is 0 Å². The normalized spacial score (nSPS) is 9.92. The molecule has 64 valence electrons. The molecule has 1 aromatic heterocycles. The minimum Gasteiger partial charge on any atom is -0.264 e. The highest BCUT2D eigenvalue weighted by molar-refractivity contribution is 9.10. The lowest BCUT2D eigenvalue weighted by Gasteiger charge is -2.07. The van der Waals surface area contributed by atoms with E-state index in [1.54, 1.807) is 0 Å². The van der Waals surface area contributed by atoms with Crippen LogP contribution in [-0.4, -0.2) is 11.7 Å². The van der Waals surface area contributed by atoms with Crippen molar-refractivity contribution in [2.75, 3.05) is 0 Å². The molecule has 1 nitrogen and oxygen atoms in total. The largest absolute Gasteiger partial charge is 0.264 e. The van der Waals surface area contributed by atoms with E-state index in [9.17, 15) is 0 Å². The minimum atomic E-state index is 0.662. The summed E-state index contributed by atoms with van der Waals surface area (Å²) in [5.74, 6) is 0. The van der Waals surface area contributed by atoms with Crippen LogP contribution in [-0.2, 0) is 0 Å². The van der Waals surface area contributed by atoms with Gasteiger partial charge < -0.3 is 0 Å². The molecule has 1 rings (SSSR count). The van der Waals surface area contributed by atoms with Gasteiger partial charge in [-0.1, -0.05) is 38.0 Å². The van der Waals surface area contributed by atoms with Crippen LogP contribution in [0, 0.1) is 0 Å². The van der Waals surface area contributed by atoms with Crippen molar-refractivity contribution in [3.05, 3.63) is 22.9 Å². The van der Waals surface area contributed by atoms with Crippen molar-refractivity contribution >= 4 is 28.1 Å². The van der Waals surface area contributed by atoms with Gasteiger partial charge >= 0.3 is 0 Å². The van der Waals surface area contributed by atoms with Crippen molar-refractivity contribution in [2.24, 2.45) is 0 Å². The molecule has 3 heteroatoms.